The number of hydrogen-bond donors (Lipinski definition) is 0. The summed E-state index contributed by atoms with van der Waals surface area (Å²) in [6.45, 7) is 6.81. The van der Waals surface area contributed by atoms with Crippen molar-refractivity contribution >= 4 is 5.65 Å². The van der Waals surface area contributed by atoms with Crippen LogP contribution in [-0.4, -0.2) is 33.9 Å². The summed E-state index contributed by atoms with van der Waals surface area (Å²) in [5.74, 6) is 1.45. The topological polar surface area (TPSA) is 37.6 Å². The van der Waals surface area contributed by atoms with E-state index in [1.54, 1.807) is 16.5 Å². The SMILES string of the molecule is Cc1ccc2nc(C)c(CCN3CC4CC(c5ccccc5F)C4C3)c(=O)n2c1. The Balaban J connectivity index is 1.30. The van der Waals surface area contributed by atoms with E-state index in [1.165, 1.54) is 0 Å². The van der Waals surface area contributed by atoms with E-state index in [0.717, 1.165) is 48.4 Å². The van der Waals surface area contributed by atoms with Gasteiger partial charge in [-0.25, -0.2) is 9.37 Å². The van der Waals surface area contributed by atoms with Gasteiger partial charge in [-0.15, -0.1) is 0 Å². The summed E-state index contributed by atoms with van der Waals surface area (Å²) in [6, 6.07) is 11.1. The maximum absolute atomic E-state index is 14.2. The monoisotopic (exact) mass is 391 g/mol. The minimum Gasteiger partial charge on any atom is -0.302 e. The van der Waals surface area contributed by atoms with Gasteiger partial charge in [-0.05, 0) is 67.7 Å². The Morgan fingerprint density at radius 2 is 1.97 bits per heavy atom. The van der Waals surface area contributed by atoms with Crippen molar-refractivity contribution in [2.75, 3.05) is 19.6 Å². The highest BCUT2D eigenvalue weighted by atomic mass is 19.1. The van der Waals surface area contributed by atoms with Crippen LogP contribution in [0, 0.1) is 31.5 Å². The number of aryl methyl sites for hydroxylation is 2. The highest BCUT2D eigenvalue weighted by Gasteiger charge is 2.47. The van der Waals surface area contributed by atoms with Crippen LogP contribution in [-0.2, 0) is 6.42 Å². The molecule has 5 heteroatoms. The lowest BCUT2D eigenvalue weighted by atomic mass is 9.64. The lowest BCUT2D eigenvalue weighted by Crippen LogP contribution is -2.34. The molecule has 0 amide bonds. The normalized spacial score (nSPS) is 23.9. The molecule has 0 N–H and O–H groups in total. The highest BCUT2D eigenvalue weighted by Crippen LogP contribution is 2.51. The largest absolute Gasteiger partial charge is 0.302 e. The third kappa shape index (κ3) is 3.18. The Bertz CT molecular complexity index is 1140. The second kappa shape index (κ2) is 7.06. The first-order valence-electron chi connectivity index (χ1n) is 10.5. The molecule has 5 rings (SSSR count). The van der Waals surface area contributed by atoms with Crippen LogP contribution < -0.4 is 5.56 Å². The summed E-state index contributed by atoms with van der Waals surface area (Å²) in [7, 11) is 0. The minimum atomic E-state index is -0.0735. The number of halogens is 1. The zero-order chi connectivity index (χ0) is 20.1. The van der Waals surface area contributed by atoms with Gasteiger partial charge in [-0.1, -0.05) is 24.3 Å². The molecule has 3 unspecified atom stereocenters. The molecule has 2 aromatic heterocycles. The van der Waals surface area contributed by atoms with Crippen LogP contribution in [0.5, 0.6) is 0 Å². The van der Waals surface area contributed by atoms with E-state index in [4.69, 9.17) is 0 Å². The predicted octanol–water partition coefficient (Wildman–Crippen LogP) is 3.73. The van der Waals surface area contributed by atoms with Gasteiger partial charge >= 0.3 is 0 Å². The first kappa shape index (κ1) is 18.5. The molecule has 150 valence electrons. The molecule has 2 aliphatic rings. The van der Waals surface area contributed by atoms with Crippen molar-refractivity contribution in [1.29, 1.82) is 0 Å². The van der Waals surface area contributed by atoms with Crippen LogP contribution in [0.1, 0.15) is 34.7 Å². The lowest BCUT2D eigenvalue weighted by molar-refractivity contribution is 0.187. The number of fused-ring (bicyclic) bond motifs is 2. The van der Waals surface area contributed by atoms with Gasteiger partial charge in [0.15, 0.2) is 0 Å². The molecule has 4 nitrogen and oxygen atoms in total. The first-order chi connectivity index (χ1) is 14.0. The average Bonchev–Trinajstić information content (AvgIpc) is 3.00. The Morgan fingerprint density at radius 3 is 2.79 bits per heavy atom. The van der Waals surface area contributed by atoms with Crippen molar-refractivity contribution in [3.05, 3.63) is 81.2 Å². The molecule has 29 heavy (non-hydrogen) atoms. The molecular weight excluding hydrogens is 365 g/mol. The smallest absolute Gasteiger partial charge is 0.261 e. The Morgan fingerprint density at radius 1 is 1.14 bits per heavy atom. The number of benzene rings is 1. The van der Waals surface area contributed by atoms with Crippen LogP contribution >= 0.6 is 0 Å². The van der Waals surface area contributed by atoms with Gasteiger partial charge in [0.2, 0.25) is 0 Å². The van der Waals surface area contributed by atoms with Crippen LogP contribution in [0.3, 0.4) is 0 Å². The summed E-state index contributed by atoms with van der Waals surface area (Å²) < 4.78 is 15.8. The summed E-state index contributed by atoms with van der Waals surface area (Å²) in [6.07, 6.45) is 3.64. The van der Waals surface area contributed by atoms with Gasteiger partial charge in [0.1, 0.15) is 11.5 Å². The van der Waals surface area contributed by atoms with E-state index in [-0.39, 0.29) is 11.4 Å². The van der Waals surface area contributed by atoms with Gasteiger partial charge < -0.3 is 4.90 Å². The fourth-order valence-corrected chi connectivity index (χ4v) is 5.27. The third-order valence-corrected chi connectivity index (χ3v) is 6.89. The van der Waals surface area contributed by atoms with E-state index in [2.05, 4.69) is 9.88 Å². The molecule has 2 fully saturated rings. The summed E-state index contributed by atoms with van der Waals surface area (Å²) in [5.41, 5.74) is 4.30. The number of aromatic nitrogens is 2. The maximum Gasteiger partial charge on any atom is 0.261 e. The van der Waals surface area contributed by atoms with E-state index in [9.17, 15) is 9.18 Å². The van der Waals surface area contributed by atoms with Crippen molar-refractivity contribution < 1.29 is 4.39 Å². The van der Waals surface area contributed by atoms with E-state index < -0.39 is 0 Å². The molecule has 1 aliphatic heterocycles. The number of rotatable bonds is 4. The van der Waals surface area contributed by atoms with E-state index in [1.807, 2.05) is 44.3 Å². The zero-order valence-corrected chi connectivity index (χ0v) is 16.9. The maximum atomic E-state index is 14.2. The van der Waals surface area contributed by atoms with Gasteiger partial charge in [0, 0.05) is 37.1 Å². The quantitative estimate of drug-likeness (QED) is 0.680. The highest BCUT2D eigenvalue weighted by molar-refractivity contribution is 5.42. The standard InChI is InChI=1S/C24H26FN3O/c1-15-7-8-23-26-16(2)18(24(29)28(23)12-15)9-10-27-13-17-11-20(21(17)14-27)19-5-3-4-6-22(19)25/h3-8,12,17,20-21H,9-11,13-14H2,1-2H3. The molecule has 3 atom stereocenters. The summed E-state index contributed by atoms with van der Waals surface area (Å²) in [5, 5.41) is 0. The second-order valence-corrected chi connectivity index (χ2v) is 8.71. The minimum absolute atomic E-state index is 0.0441. The fourth-order valence-electron chi connectivity index (χ4n) is 5.27. The third-order valence-electron chi connectivity index (χ3n) is 6.89. The number of hydrogen-bond acceptors (Lipinski definition) is 3. The molecule has 0 bridgehead atoms. The molecule has 1 aromatic carbocycles. The van der Waals surface area contributed by atoms with Gasteiger partial charge in [0.25, 0.3) is 5.56 Å². The van der Waals surface area contributed by atoms with Crippen molar-refractivity contribution in [2.45, 2.75) is 32.6 Å². The molecule has 3 heterocycles. The van der Waals surface area contributed by atoms with Crippen molar-refractivity contribution in [2.24, 2.45) is 11.8 Å². The first-order valence-corrected chi connectivity index (χ1v) is 10.5. The molecule has 3 aromatic rings. The van der Waals surface area contributed by atoms with E-state index in [0.29, 0.717) is 29.8 Å². The Labute approximate surface area is 170 Å². The van der Waals surface area contributed by atoms with Gasteiger partial charge in [-0.3, -0.25) is 9.20 Å². The molecular formula is C24H26FN3O. The molecule has 1 aliphatic carbocycles. The number of likely N-dealkylation sites (tertiary alicyclic amines) is 1. The summed E-state index contributed by atoms with van der Waals surface area (Å²) >= 11 is 0. The van der Waals surface area contributed by atoms with Crippen LogP contribution in [0.15, 0.2) is 47.4 Å². The number of pyridine rings is 1. The van der Waals surface area contributed by atoms with E-state index >= 15 is 0 Å². The van der Waals surface area contributed by atoms with Crippen molar-refractivity contribution in [3.63, 3.8) is 0 Å². The van der Waals surface area contributed by atoms with Crippen molar-refractivity contribution in [1.82, 2.24) is 14.3 Å². The molecule has 0 radical (unpaired) electrons. The van der Waals surface area contributed by atoms with Crippen LogP contribution in [0.4, 0.5) is 4.39 Å². The Hall–Kier alpha value is -2.53. The zero-order valence-electron chi connectivity index (χ0n) is 16.9. The van der Waals surface area contributed by atoms with Crippen LogP contribution in [0.25, 0.3) is 5.65 Å². The predicted molar refractivity (Wildman–Crippen MR) is 112 cm³/mol. The lowest BCUT2D eigenvalue weighted by Gasteiger charge is -2.40. The second-order valence-electron chi connectivity index (χ2n) is 8.71. The van der Waals surface area contributed by atoms with Crippen LogP contribution in [0.2, 0.25) is 0 Å². The fraction of sp³-hybridized carbons (Fsp3) is 0.417. The van der Waals surface area contributed by atoms with Gasteiger partial charge in [0.05, 0.1) is 0 Å². The number of nitrogens with zero attached hydrogens (tertiary/aromatic N) is 3. The van der Waals surface area contributed by atoms with Gasteiger partial charge in [-0.2, -0.15) is 0 Å². The molecule has 1 saturated carbocycles. The molecule has 0 spiro atoms. The summed E-state index contributed by atoms with van der Waals surface area (Å²) in [4.78, 5) is 20.1. The Kier molecular flexibility index (Phi) is 4.50. The average molecular weight is 391 g/mol. The van der Waals surface area contributed by atoms with Crippen molar-refractivity contribution in [3.8, 4) is 0 Å². The molecule has 1 saturated heterocycles.